The Balaban J connectivity index is 1.93. The van der Waals surface area contributed by atoms with Gasteiger partial charge in [0.05, 0.1) is 13.2 Å². The summed E-state index contributed by atoms with van der Waals surface area (Å²) in [6.45, 7) is 3.49. The lowest BCUT2D eigenvalue weighted by atomic mass is 10.1. The second-order valence-electron chi connectivity index (χ2n) is 5.38. The van der Waals surface area contributed by atoms with E-state index in [-0.39, 0.29) is 24.3 Å². The topological polar surface area (TPSA) is 47.6 Å². The van der Waals surface area contributed by atoms with E-state index >= 15 is 0 Å². The van der Waals surface area contributed by atoms with Gasteiger partial charge in [-0.25, -0.2) is 4.39 Å². The molecular formula is C18H19ClFNO3. The molecule has 6 heteroatoms. The zero-order valence-corrected chi connectivity index (χ0v) is 14.5. The van der Waals surface area contributed by atoms with Gasteiger partial charge in [0.25, 0.3) is 5.91 Å². The van der Waals surface area contributed by atoms with E-state index in [1.54, 1.807) is 31.2 Å². The van der Waals surface area contributed by atoms with Crippen LogP contribution in [0.5, 0.6) is 11.5 Å². The van der Waals surface area contributed by atoms with Crippen LogP contribution >= 0.6 is 11.6 Å². The molecule has 0 saturated heterocycles. The van der Waals surface area contributed by atoms with Gasteiger partial charge in [-0.3, -0.25) is 4.79 Å². The van der Waals surface area contributed by atoms with Crippen LogP contribution in [0.1, 0.15) is 24.1 Å². The fourth-order valence-electron chi connectivity index (χ4n) is 2.24. The summed E-state index contributed by atoms with van der Waals surface area (Å²) in [6.07, 6.45) is 0. The first-order valence-corrected chi connectivity index (χ1v) is 7.80. The van der Waals surface area contributed by atoms with Crippen molar-refractivity contribution in [3.8, 4) is 11.5 Å². The van der Waals surface area contributed by atoms with Crippen LogP contribution in [0, 0.1) is 12.7 Å². The van der Waals surface area contributed by atoms with Gasteiger partial charge in [-0.2, -0.15) is 0 Å². The molecular weight excluding hydrogens is 333 g/mol. The van der Waals surface area contributed by atoms with Crippen molar-refractivity contribution in [1.29, 1.82) is 0 Å². The number of nitrogens with one attached hydrogen (secondary N) is 1. The minimum Gasteiger partial charge on any atom is -0.494 e. The van der Waals surface area contributed by atoms with Crippen molar-refractivity contribution in [1.82, 2.24) is 5.32 Å². The molecule has 0 fully saturated rings. The molecule has 0 unspecified atom stereocenters. The first kappa shape index (κ1) is 18.1. The van der Waals surface area contributed by atoms with E-state index in [0.717, 1.165) is 5.56 Å². The lowest BCUT2D eigenvalue weighted by Gasteiger charge is -2.16. The Kier molecular flexibility index (Phi) is 6.04. The van der Waals surface area contributed by atoms with E-state index < -0.39 is 5.82 Å². The van der Waals surface area contributed by atoms with Crippen LogP contribution in [0.3, 0.4) is 0 Å². The molecule has 24 heavy (non-hydrogen) atoms. The molecule has 0 bridgehead atoms. The Hall–Kier alpha value is -2.27. The van der Waals surface area contributed by atoms with Crippen LogP contribution < -0.4 is 14.8 Å². The number of ether oxygens (including phenoxy) is 2. The summed E-state index contributed by atoms with van der Waals surface area (Å²) >= 11 is 5.88. The van der Waals surface area contributed by atoms with E-state index in [1.165, 1.54) is 19.2 Å². The van der Waals surface area contributed by atoms with Crippen molar-refractivity contribution in [2.45, 2.75) is 19.9 Å². The molecule has 0 spiro atoms. The lowest BCUT2D eigenvalue weighted by Crippen LogP contribution is -2.31. The molecule has 1 atom stereocenters. The maximum absolute atomic E-state index is 13.7. The van der Waals surface area contributed by atoms with Gasteiger partial charge < -0.3 is 14.8 Å². The zero-order valence-electron chi connectivity index (χ0n) is 13.7. The predicted octanol–water partition coefficient (Wildman–Crippen LogP) is 4.05. The Morgan fingerprint density at radius 3 is 2.58 bits per heavy atom. The van der Waals surface area contributed by atoms with E-state index in [2.05, 4.69) is 5.32 Å². The standard InChI is InChI=1S/C18H19ClFNO3/c1-11-8-14(19)5-7-16(11)24-10-18(22)21-12(2)13-4-6-17(23-3)15(20)9-13/h4-9,12H,10H2,1-3H3,(H,21,22)/t12-/m1/s1. The summed E-state index contributed by atoms with van der Waals surface area (Å²) in [5.41, 5.74) is 1.49. The molecule has 2 aromatic carbocycles. The molecule has 0 saturated carbocycles. The minimum atomic E-state index is -0.468. The molecule has 1 N–H and O–H groups in total. The molecule has 0 aromatic heterocycles. The number of methoxy groups -OCH3 is 1. The summed E-state index contributed by atoms with van der Waals surface area (Å²) in [4.78, 5) is 12.0. The molecule has 2 aromatic rings. The van der Waals surface area contributed by atoms with Crippen molar-refractivity contribution in [3.63, 3.8) is 0 Å². The summed E-state index contributed by atoms with van der Waals surface area (Å²) in [5.74, 6) is -0.00580. The van der Waals surface area contributed by atoms with Gasteiger partial charge in [-0.1, -0.05) is 17.7 Å². The zero-order chi connectivity index (χ0) is 17.7. The van der Waals surface area contributed by atoms with Gasteiger partial charge in [0.1, 0.15) is 5.75 Å². The van der Waals surface area contributed by atoms with Crippen LogP contribution in [0.15, 0.2) is 36.4 Å². The third-order valence-corrected chi connectivity index (χ3v) is 3.78. The first-order valence-electron chi connectivity index (χ1n) is 7.42. The molecule has 0 aliphatic carbocycles. The van der Waals surface area contributed by atoms with Crippen molar-refractivity contribution < 1.29 is 18.7 Å². The number of carbonyl (C=O) groups is 1. The molecule has 0 aliphatic rings. The van der Waals surface area contributed by atoms with Gasteiger partial charge in [-0.15, -0.1) is 0 Å². The normalized spacial score (nSPS) is 11.7. The predicted molar refractivity (Wildman–Crippen MR) is 91.2 cm³/mol. The van der Waals surface area contributed by atoms with E-state index in [9.17, 15) is 9.18 Å². The maximum atomic E-state index is 13.7. The summed E-state index contributed by atoms with van der Waals surface area (Å²) in [6, 6.07) is 9.40. The fraction of sp³-hybridized carbons (Fsp3) is 0.278. The SMILES string of the molecule is COc1ccc([C@@H](C)NC(=O)COc2ccc(Cl)cc2C)cc1F. The van der Waals surface area contributed by atoms with Crippen molar-refractivity contribution in [3.05, 3.63) is 58.4 Å². The average molecular weight is 352 g/mol. The van der Waals surface area contributed by atoms with E-state index in [1.807, 2.05) is 6.92 Å². The number of hydrogen-bond acceptors (Lipinski definition) is 3. The monoisotopic (exact) mass is 351 g/mol. The maximum Gasteiger partial charge on any atom is 0.258 e. The third kappa shape index (κ3) is 4.61. The molecule has 128 valence electrons. The van der Waals surface area contributed by atoms with Crippen molar-refractivity contribution >= 4 is 17.5 Å². The largest absolute Gasteiger partial charge is 0.494 e. The number of rotatable bonds is 6. The van der Waals surface area contributed by atoms with Crippen LogP contribution in [0.4, 0.5) is 4.39 Å². The Morgan fingerprint density at radius 2 is 1.96 bits per heavy atom. The Labute approximate surface area is 145 Å². The van der Waals surface area contributed by atoms with Crippen LogP contribution in [-0.4, -0.2) is 19.6 Å². The molecule has 1 amide bonds. The second kappa shape index (κ2) is 8.02. The lowest BCUT2D eigenvalue weighted by molar-refractivity contribution is -0.123. The number of hydrogen-bond donors (Lipinski definition) is 1. The van der Waals surface area contributed by atoms with Gasteiger partial charge in [-0.05, 0) is 55.3 Å². The fourth-order valence-corrected chi connectivity index (χ4v) is 2.46. The molecule has 4 nitrogen and oxygen atoms in total. The number of aryl methyl sites for hydroxylation is 1. The highest BCUT2D eigenvalue weighted by Crippen LogP contribution is 2.23. The summed E-state index contributed by atoms with van der Waals surface area (Å²) in [7, 11) is 1.40. The van der Waals surface area contributed by atoms with Gasteiger partial charge >= 0.3 is 0 Å². The number of halogens is 2. The number of benzene rings is 2. The highest BCUT2D eigenvalue weighted by molar-refractivity contribution is 6.30. The molecule has 2 rings (SSSR count). The number of amides is 1. The third-order valence-electron chi connectivity index (χ3n) is 3.55. The van der Waals surface area contributed by atoms with Crippen LogP contribution in [0.25, 0.3) is 0 Å². The van der Waals surface area contributed by atoms with Crippen LogP contribution in [0.2, 0.25) is 5.02 Å². The van der Waals surface area contributed by atoms with Crippen molar-refractivity contribution in [2.75, 3.05) is 13.7 Å². The average Bonchev–Trinajstić information content (AvgIpc) is 2.53. The van der Waals surface area contributed by atoms with Crippen LogP contribution in [-0.2, 0) is 4.79 Å². The smallest absolute Gasteiger partial charge is 0.258 e. The van der Waals surface area contributed by atoms with Gasteiger partial charge in [0.2, 0.25) is 0 Å². The number of carbonyl (C=O) groups excluding carboxylic acids is 1. The highest BCUT2D eigenvalue weighted by atomic mass is 35.5. The minimum absolute atomic E-state index is 0.133. The molecule has 0 heterocycles. The van der Waals surface area contributed by atoms with E-state index in [4.69, 9.17) is 21.1 Å². The Bertz CT molecular complexity index is 736. The van der Waals surface area contributed by atoms with E-state index in [0.29, 0.717) is 16.3 Å². The van der Waals surface area contributed by atoms with Gasteiger partial charge in [0.15, 0.2) is 18.2 Å². The molecule has 0 aliphatic heterocycles. The summed E-state index contributed by atoms with van der Waals surface area (Å²) < 4.78 is 24.1. The quantitative estimate of drug-likeness (QED) is 0.854. The first-order chi connectivity index (χ1) is 11.4. The molecule has 0 radical (unpaired) electrons. The van der Waals surface area contributed by atoms with Crippen molar-refractivity contribution in [2.24, 2.45) is 0 Å². The summed E-state index contributed by atoms with van der Waals surface area (Å²) in [5, 5.41) is 3.38. The highest BCUT2D eigenvalue weighted by Gasteiger charge is 2.13. The van der Waals surface area contributed by atoms with Gasteiger partial charge in [0, 0.05) is 5.02 Å². The second-order valence-corrected chi connectivity index (χ2v) is 5.82. The Morgan fingerprint density at radius 1 is 1.25 bits per heavy atom.